The predicted octanol–water partition coefficient (Wildman–Crippen LogP) is 1.68. The van der Waals surface area contributed by atoms with E-state index in [0.717, 1.165) is 18.5 Å². The Morgan fingerprint density at radius 3 is 2.83 bits per heavy atom. The molecule has 1 aromatic rings. The van der Waals surface area contributed by atoms with Gasteiger partial charge in [0, 0.05) is 37.6 Å². The number of nitrogens with zero attached hydrogens (tertiary/aromatic N) is 2. The van der Waals surface area contributed by atoms with Crippen molar-refractivity contribution < 1.29 is 9.59 Å². The fraction of sp³-hybridized carbons (Fsp3) is 0.529. The minimum Gasteiger partial charge on any atom is -0.341 e. The van der Waals surface area contributed by atoms with Gasteiger partial charge in [0.15, 0.2) is 0 Å². The van der Waals surface area contributed by atoms with Gasteiger partial charge in [-0.05, 0) is 31.2 Å². The third-order valence-electron chi connectivity index (χ3n) is 5.00. The number of hydrogen-bond acceptors (Lipinski definition) is 3. The van der Waals surface area contributed by atoms with Crippen molar-refractivity contribution in [2.24, 2.45) is 5.92 Å². The molecule has 0 saturated carbocycles. The maximum Gasteiger partial charge on any atom is 0.228 e. The predicted molar refractivity (Wildman–Crippen MR) is 89.1 cm³/mol. The monoisotopic (exact) mass is 335 g/mol. The number of halogens is 1. The van der Waals surface area contributed by atoms with E-state index in [1.54, 1.807) is 18.0 Å². The molecule has 0 aromatic heterocycles. The highest BCUT2D eigenvalue weighted by atomic mass is 35.5. The van der Waals surface area contributed by atoms with E-state index in [9.17, 15) is 9.59 Å². The van der Waals surface area contributed by atoms with Gasteiger partial charge in [-0.3, -0.25) is 9.59 Å². The van der Waals surface area contributed by atoms with E-state index in [1.807, 2.05) is 30.1 Å². The number of carbonyl (C=O) groups excluding carboxylic acids is 2. The molecule has 2 saturated heterocycles. The first kappa shape index (κ1) is 16.3. The molecule has 2 aliphatic heterocycles. The van der Waals surface area contributed by atoms with Gasteiger partial charge >= 0.3 is 0 Å². The van der Waals surface area contributed by atoms with Crippen molar-refractivity contribution in [3.05, 3.63) is 34.9 Å². The van der Waals surface area contributed by atoms with Crippen LogP contribution in [0.3, 0.4) is 0 Å². The standard InChI is InChI=1S/C17H22ClN3O2/c1-19-13-6-7-21(10-13)17(23)14-9-15(22)20(2)16(14)11-4-3-5-12(18)8-11/h3-5,8,13-14,16,19H,6-7,9-10H2,1-2H3. The van der Waals surface area contributed by atoms with Gasteiger partial charge in [0.25, 0.3) is 0 Å². The molecule has 0 spiro atoms. The Morgan fingerprint density at radius 1 is 1.39 bits per heavy atom. The average molecular weight is 336 g/mol. The Morgan fingerprint density at radius 2 is 2.17 bits per heavy atom. The maximum absolute atomic E-state index is 13.0. The molecule has 0 aliphatic carbocycles. The Labute approximate surface area is 141 Å². The summed E-state index contributed by atoms with van der Waals surface area (Å²) in [6.45, 7) is 1.47. The number of likely N-dealkylation sites (tertiary alicyclic amines) is 2. The first-order chi connectivity index (χ1) is 11.0. The normalized spacial score (nSPS) is 27.8. The number of likely N-dealkylation sites (N-methyl/N-ethyl adjacent to an activating group) is 1. The van der Waals surface area contributed by atoms with Crippen LogP contribution in [0.1, 0.15) is 24.4 Å². The van der Waals surface area contributed by atoms with Gasteiger partial charge in [-0.25, -0.2) is 0 Å². The van der Waals surface area contributed by atoms with E-state index in [-0.39, 0.29) is 30.2 Å². The highest BCUT2D eigenvalue weighted by Gasteiger charge is 2.45. The number of carbonyl (C=O) groups is 2. The number of amides is 2. The molecule has 0 bridgehead atoms. The highest BCUT2D eigenvalue weighted by Crippen LogP contribution is 2.39. The quantitative estimate of drug-likeness (QED) is 0.914. The first-order valence-corrected chi connectivity index (χ1v) is 8.36. The Balaban J connectivity index is 1.85. The van der Waals surface area contributed by atoms with Crippen LogP contribution in [0.4, 0.5) is 0 Å². The molecule has 1 aromatic carbocycles. The molecule has 124 valence electrons. The van der Waals surface area contributed by atoms with Gasteiger partial charge in [-0.2, -0.15) is 0 Å². The molecule has 2 aliphatic rings. The van der Waals surface area contributed by atoms with E-state index < -0.39 is 0 Å². The maximum atomic E-state index is 13.0. The summed E-state index contributed by atoms with van der Waals surface area (Å²) in [7, 11) is 3.68. The topological polar surface area (TPSA) is 52.7 Å². The molecule has 5 nitrogen and oxygen atoms in total. The molecular formula is C17H22ClN3O2. The van der Waals surface area contributed by atoms with Crippen LogP contribution in [-0.4, -0.2) is 54.8 Å². The summed E-state index contributed by atoms with van der Waals surface area (Å²) in [5, 5.41) is 3.84. The molecule has 23 heavy (non-hydrogen) atoms. The van der Waals surface area contributed by atoms with Crippen molar-refractivity contribution in [2.75, 3.05) is 27.2 Å². The largest absolute Gasteiger partial charge is 0.341 e. The third kappa shape index (κ3) is 3.08. The average Bonchev–Trinajstić information content (AvgIpc) is 3.12. The highest BCUT2D eigenvalue weighted by molar-refractivity contribution is 6.30. The molecule has 3 atom stereocenters. The van der Waals surface area contributed by atoms with E-state index in [0.29, 0.717) is 17.6 Å². The van der Waals surface area contributed by atoms with E-state index in [4.69, 9.17) is 11.6 Å². The lowest BCUT2D eigenvalue weighted by molar-refractivity contribution is -0.135. The minimum atomic E-state index is -0.332. The summed E-state index contributed by atoms with van der Waals surface area (Å²) in [6, 6.07) is 7.56. The first-order valence-electron chi connectivity index (χ1n) is 7.98. The summed E-state index contributed by atoms with van der Waals surface area (Å²) in [5.74, 6) is -0.246. The lowest BCUT2D eigenvalue weighted by atomic mass is 9.92. The van der Waals surface area contributed by atoms with Gasteiger partial charge in [-0.1, -0.05) is 23.7 Å². The number of rotatable bonds is 3. The van der Waals surface area contributed by atoms with E-state index in [1.165, 1.54) is 0 Å². The molecule has 6 heteroatoms. The second-order valence-electron chi connectivity index (χ2n) is 6.37. The summed E-state index contributed by atoms with van der Waals surface area (Å²) in [5.41, 5.74) is 0.925. The molecule has 3 unspecified atom stereocenters. The summed E-state index contributed by atoms with van der Waals surface area (Å²) >= 11 is 6.09. The van der Waals surface area contributed by atoms with E-state index in [2.05, 4.69) is 5.32 Å². The Hall–Kier alpha value is -1.59. The van der Waals surface area contributed by atoms with Crippen molar-refractivity contribution in [3.63, 3.8) is 0 Å². The lowest BCUT2D eigenvalue weighted by Gasteiger charge is -2.28. The zero-order valence-electron chi connectivity index (χ0n) is 13.5. The Bertz CT molecular complexity index is 622. The number of nitrogens with one attached hydrogen (secondary N) is 1. The van der Waals surface area contributed by atoms with Crippen molar-refractivity contribution >= 4 is 23.4 Å². The van der Waals surface area contributed by atoms with Crippen molar-refractivity contribution in [3.8, 4) is 0 Å². The molecule has 3 rings (SSSR count). The SMILES string of the molecule is CNC1CCN(C(=O)C2CC(=O)N(C)C2c2cccc(Cl)c2)C1. The summed E-state index contributed by atoms with van der Waals surface area (Å²) < 4.78 is 0. The minimum absolute atomic E-state index is 0.0117. The van der Waals surface area contributed by atoms with Crippen molar-refractivity contribution in [1.29, 1.82) is 0 Å². The molecule has 2 amide bonds. The fourth-order valence-corrected chi connectivity index (χ4v) is 3.87. The zero-order valence-corrected chi connectivity index (χ0v) is 14.2. The van der Waals surface area contributed by atoms with Crippen LogP contribution in [0.2, 0.25) is 5.02 Å². The van der Waals surface area contributed by atoms with Gasteiger partial charge in [-0.15, -0.1) is 0 Å². The second kappa shape index (κ2) is 6.49. The fourth-order valence-electron chi connectivity index (χ4n) is 3.67. The van der Waals surface area contributed by atoms with Gasteiger partial charge in [0.05, 0.1) is 12.0 Å². The number of benzene rings is 1. The van der Waals surface area contributed by atoms with Crippen LogP contribution in [0.25, 0.3) is 0 Å². The van der Waals surface area contributed by atoms with E-state index >= 15 is 0 Å². The van der Waals surface area contributed by atoms with Crippen LogP contribution >= 0.6 is 11.6 Å². The van der Waals surface area contributed by atoms with Crippen molar-refractivity contribution in [1.82, 2.24) is 15.1 Å². The molecular weight excluding hydrogens is 314 g/mol. The molecule has 1 N–H and O–H groups in total. The van der Waals surface area contributed by atoms with Crippen LogP contribution in [0, 0.1) is 5.92 Å². The smallest absolute Gasteiger partial charge is 0.228 e. The van der Waals surface area contributed by atoms with Crippen LogP contribution < -0.4 is 5.32 Å². The lowest BCUT2D eigenvalue weighted by Crippen LogP contribution is -2.39. The summed E-state index contributed by atoms with van der Waals surface area (Å²) in [6.07, 6.45) is 1.23. The van der Waals surface area contributed by atoms with Gasteiger partial charge in [0.1, 0.15) is 0 Å². The summed E-state index contributed by atoms with van der Waals surface area (Å²) in [4.78, 5) is 28.7. The van der Waals surface area contributed by atoms with Crippen LogP contribution in [0.15, 0.2) is 24.3 Å². The molecule has 0 radical (unpaired) electrons. The van der Waals surface area contributed by atoms with Crippen LogP contribution in [-0.2, 0) is 9.59 Å². The zero-order chi connectivity index (χ0) is 16.6. The number of hydrogen-bond donors (Lipinski definition) is 1. The van der Waals surface area contributed by atoms with Crippen molar-refractivity contribution in [2.45, 2.75) is 24.9 Å². The second-order valence-corrected chi connectivity index (χ2v) is 6.81. The van der Waals surface area contributed by atoms with Gasteiger partial charge < -0.3 is 15.1 Å². The van der Waals surface area contributed by atoms with Gasteiger partial charge in [0.2, 0.25) is 11.8 Å². The molecule has 2 fully saturated rings. The molecule has 2 heterocycles. The van der Waals surface area contributed by atoms with Crippen LogP contribution in [0.5, 0.6) is 0 Å². The third-order valence-corrected chi connectivity index (χ3v) is 5.24. The Kier molecular flexibility index (Phi) is 4.60.